The van der Waals surface area contributed by atoms with E-state index >= 15 is 0 Å². The van der Waals surface area contributed by atoms with Crippen LogP contribution in [0.3, 0.4) is 0 Å². The maximum absolute atomic E-state index is 13.6. The Morgan fingerprint density at radius 3 is 2.67 bits per heavy atom. The van der Waals surface area contributed by atoms with Crippen molar-refractivity contribution in [2.75, 3.05) is 7.11 Å². The predicted molar refractivity (Wildman–Crippen MR) is 57.2 cm³/mol. The lowest BCUT2D eigenvalue weighted by molar-refractivity contribution is 0.260. The summed E-state index contributed by atoms with van der Waals surface area (Å²) in [5.74, 6) is 0.735. The summed E-state index contributed by atoms with van der Waals surface area (Å²) in [4.78, 5) is 0. The fourth-order valence-corrected chi connectivity index (χ4v) is 1.96. The van der Waals surface area contributed by atoms with Crippen LogP contribution in [0.2, 0.25) is 0 Å². The van der Waals surface area contributed by atoms with E-state index in [9.17, 15) is 4.39 Å². The number of hydrogen-bond acceptors (Lipinski definition) is 2. The molecule has 0 amide bonds. The molecule has 1 aliphatic rings. The quantitative estimate of drug-likeness (QED) is 0.830. The van der Waals surface area contributed by atoms with Crippen molar-refractivity contribution in [3.63, 3.8) is 0 Å². The zero-order valence-electron chi connectivity index (χ0n) is 8.87. The van der Waals surface area contributed by atoms with Gasteiger partial charge in [-0.25, -0.2) is 4.39 Å². The van der Waals surface area contributed by atoms with Crippen LogP contribution in [0.25, 0.3) is 0 Å². The summed E-state index contributed by atoms with van der Waals surface area (Å²) in [7, 11) is 1.53. The maximum Gasteiger partial charge on any atom is 0.131 e. The average molecular weight is 209 g/mol. The summed E-state index contributed by atoms with van der Waals surface area (Å²) < 4.78 is 18.6. The Morgan fingerprint density at radius 1 is 1.47 bits per heavy atom. The predicted octanol–water partition coefficient (Wildman–Crippen LogP) is 2.63. The molecule has 1 fully saturated rings. The van der Waals surface area contributed by atoms with Gasteiger partial charge in [0.15, 0.2) is 0 Å². The lowest BCUT2D eigenvalue weighted by atomic mass is 9.77. The third-order valence-corrected chi connectivity index (χ3v) is 3.22. The summed E-state index contributed by atoms with van der Waals surface area (Å²) in [6.07, 6.45) is 3.45. The Morgan fingerprint density at radius 2 is 2.20 bits per heavy atom. The van der Waals surface area contributed by atoms with E-state index in [1.807, 2.05) is 0 Å². The summed E-state index contributed by atoms with van der Waals surface area (Å²) in [5, 5.41) is 0. The van der Waals surface area contributed by atoms with E-state index in [-0.39, 0.29) is 11.9 Å². The Bertz CT molecular complexity index is 349. The first-order chi connectivity index (χ1) is 7.22. The van der Waals surface area contributed by atoms with E-state index in [0.29, 0.717) is 17.2 Å². The molecule has 1 aliphatic carbocycles. The first-order valence-electron chi connectivity index (χ1n) is 5.31. The topological polar surface area (TPSA) is 35.2 Å². The highest BCUT2D eigenvalue weighted by molar-refractivity contribution is 5.31. The van der Waals surface area contributed by atoms with Crippen LogP contribution in [0.5, 0.6) is 5.75 Å². The van der Waals surface area contributed by atoms with Gasteiger partial charge in [-0.2, -0.15) is 0 Å². The molecule has 15 heavy (non-hydrogen) atoms. The van der Waals surface area contributed by atoms with Crippen LogP contribution < -0.4 is 10.5 Å². The lowest BCUT2D eigenvalue weighted by Gasteiger charge is -2.31. The summed E-state index contributed by atoms with van der Waals surface area (Å²) in [6, 6.07) is 4.73. The van der Waals surface area contributed by atoms with Crippen molar-refractivity contribution in [1.29, 1.82) is 0 Å². The second-order valence-corrected chi connectivity index (χ2v) is 4.10. The molecule has 1 aromatic carbocycles. The van der Waals surface area contributed by atoms with E-state index in [0.717, 1.165) is 12.8 Å². The first kappa shape index (κ1) is 10.4. The highest BCUT2D eigenvalue weighted by Gasteiger charge is 2.27. The first-order valence-corrected chi connectivity index (χ1v) is 5.31. The lowest BCUT2D eigenvalue weighted by Crippen LogP contribution is -2.27. The summed E-state index contributed by atoms with van der Waals surface area (Å²) in [5.41, 5.74) is 6.62. The monoisotopic (exact) mass is 209 g/mol. The highest BCUT2D eigenvalue weighted by Crippen LogP contribution is 2.37. The Balaban J connectivity index is 2.19. The smallest absolute Gasteiger partial charge is 0.131 e. The molecule has 3 heteroatoms. The molecule has 0 heterocycles. The van der Waals surface area contributed by atoms with E-state index in [2.05, 4.69) is 0 Å². The van der Waals surface area contributed by atoms with Gasteiger partial charge in [-0.1, -0.05) is 12.5 Å². The van der Waals surface area contributed by atoms with Crippen LogP contribution in [0.1, 0.15) is 30.9 Å². The fraction of sp³-hybridized carbons (Fsp3) is 0.500. The molecule has 0 spiro atoms. The molecule has 0 bridgehead atoms. The van der Waals surface area contributed by atoms with Gasteiger partial charge in [-0.15, -0.1) is 0 Å². The number of hydrogen-bond donors (Lipinski definition) is 1. The molecule has 1 atom stereocenters. The standard InChI is InChI=1S/C12H16FNO/c1-15-9-5-6-10(11(13)7-9)12(14)8-3-2-4-8/h5-8,12H,2-4,14H2,1H3. The molecule has 1 saturated carbocycles. The number of benzene rings is 1. The van der Waals surface area contributed by atoms with E-state index in [4.69, 9.17) is 10.5 Å². The van der Waals surface area contributed by atoms with Crippen molar-refractivity contribution >= 4 is 0 Å². The van der Waals surface area contributed by atoms with Gasteiger partial charge in [-0.3, -0.25) is 0 Å². The molecule has 0 aliphatic heterocycles. The van der Waals surface area contributed by atoms with Gasteiger partial charge >= 0.3 is 0 Å². The van der Waals surface area contributed by atoms with Crippen molar-refractivity contribution in [1.82, 2.24) is 0 Å². The maximum atomic E-state index is 13.6. The van der Waals surface area contributed by atoms with Crippen molar-refractivity contribution in [3.05, 3.63) is 29.6 Å². The second-order valence-electron chi connectivity index (χ2n) is 4.10. The second kappa shape index (κ2) is 4.19. The molecule has 2 N–H and O–H groups in total. The van der Waals surface area contributed by atoms with E-state index in [1.165, 1.54) is 19.6 Å². The highest BCUT2D eigenvalue weighted by atomic mass is 19.1. The third kappa shape index (κ3) is 1.97. The average Bonchev–Trinajstić information content (AvgIpc) is 2.14. The van der Waals surface area contributed by atoms with Crippen LogP contribution in [0, 0.1) is 11.7 Å². The minimum atomic E-state index is -0.256. The molecule has 2 nitrogen and oxygen atoms in total. The number of halogens is 1. The molecule has 1 unspecified atom stereocenters. The summed E-state index contributed by atoms with van der Waals surface area (Å²) >= 11 is 0. The number of nitrogens with two attached hydrogens (primary N) is 1. The van der Waals surface area contributed by atoms with Crippen molar-refractivity contribution in [2.24, 2.45) is 11.7 Å². The van der Waals surface area contributed by atoms with Gasteiger partial charge in [0, 0.05) is 17.7 Å². The molecule has 0 saturated heterocycles. The molecule has 0 radical (unpaired) electrons. The molecule has 82 valence electrons. The van der Waals surface area contributed by atoms with Crippen molar-refractivity contribution < 1.29 is 9.13 Å². The number of ether oxygens (including phenoxy) is 1. The molecule has 1 aromatic rings. The van der Waals surface area contributed by atoms with Gasteiger partial charge in [-0.05, 0) is 24.8 Å². The van der Waals surface area contributed by atoms with Crippen LogP contribution in [-0.4, -0.2) is 7.11 Å². The third-order valence-electron chi connectivity index (χ3n) is 3.22. The Hall–Kier alpha value is -1.09. The van der Waals surface area contributed by atoms with Crippen molar-refractivity contribution in [2.45, 2.75) is 25.3 Å². The SMILES string of the molecule is COc1ccc(C(N)C2CCC2)c(F)c1. The fourth-order valence-electron chi connectivity index (χ4n) is 1.96. The van der Waals surface area contributed by atoms with Gasteiger partial charge in [0.2, 0.25) is 0 Å². The molecule has 2 rings (SSSR count). The molecular weight excluding hydrogens is 193 g/mol. The molecule has 0 aromatic heterocycles. The van der Waals surface area contributed by atoms with Gasteiger partial charge in [0.25, 0.3) is 0 Å². The minimum absolute atomic E-state index is 0.162. The van der Waals surface area contributed by atoms with Gasteiger partial charge in [0.05, 0.1) is 7.11 Å². The van der Waals surface area contributed by atoms with Crippen LogP contribution in [-0.2, 0) is 0 Å². The van der Waals surface area contributed by atoms with Crippen LogP contribution in [0.4, 0.5) is 4.39 Å². The molecular formula is C12H16FNO. The minimum Gasteiger partial charge on any atom is -0.497 e. The van der Waals surface area contributed by atoms with Crippen LogP contribution in [0.15, 0.2) is 18.2 Å². The summed E-state index contributed by atoms with van der Waals surface area (Å²) in [6.45, 7) is 0. The van der Waals surface area contributed by atoms with Gasteiger partial charge in [0.1, 0.15) is 11.6 Å². The van der Waals surface area contributed by atoms with E-state index < -0.39 is 0 Å². The Kier molecular flexibility index (Phi) is 2.91. The van der Waals surface area contributed by atoms with Crippen LogP contribution >= 0.6 is 0 Å². The Labute approximate surface area is 89.2 Å². The zero-order chi connectivity index (χ0) is 10.8. The number of rotatable bonds is 3. The number of methoxy groups -OCH3 is 1. The van der Waals surface area contributed by atoms with Gasteiger partial charge < -0.3 is 10.5 Å². The zero-order valence-corrected chi connectivity index (χ0v) is 8.87. The van der Waals surface area contributed by atoms with E-state index in [1.54, 1.807) is 12.1 Å². The van der Waals surface area contributed by atoms with Crippen molar-refractivity contribution in [3.8, 4) is 5.75 Å². The largest absolute Gasteiger partial charge is 0.497 e. The normalized spacial score (nSPS) is 18.3.